The summed E-state index contributed by atoms with van der Waals surface area (Å²) in [7, 11) is 0. The molecule has 1 fully saturated rings. The number of aromatic nitrogens is 2. The fourth-order valence-corrected chi connectivity index (χ4v) is 6.21. The van der Waals surface area contributed by atoms with Gasteiger partial charge in [0.05, 0.1) is 22.1 Å². The minimum absolute atomic E-state index is 0.356. The van der Waals surface area contributed by atoms with Crippen LogP contribution in [0.5, 0.6) is 0 Å². The fourth-order valence-electron chi connectivity index (χ4n) is 5.60. The number of hydrogen-bond donors (Lipinski definition) is 0. The molecule has 3 aromatic rings. The predicted octanol–water partition coefficient (Wildman–Crippen LogP) is 8.35. The van der Waals surface area contributed by atoms with Crippen molar-refractivity contribution in [3.05, 3.63) is 81.4 Å². The lowest BCUT2D eigenvalue weighted by atomic mass is 9.78. The van der Waals surface area contributed by atoms with E-state index in [0.717, 1.165) is 80.3 Å². The first-order chi connectivity index (χ1) is 18.3. The Kier molecular flexibility index (Phi) is 10.00. The summed E-state index contributed by atoms with van der Waals surface area (Å²) >= 11 is 19.0. The molecule has 204 valence electrons. The van der Waals surface area contributed by atoms with E-state index in [0.29, 0.717) is 20.5 Å². The van der Waals surface area contributed by atoms with Crippen molar-refractivity contribution in [3.63, 3.8) is 0 Å². The van der Waals surface area contributed by atoms with Crippen LogP contribution >= 0.6 is 34.8 Å². The zero-order valence-electron chi connectivity index (χ0n) is 22.8. The number of allylic oxidation sites excluding steroid dienone is 1. The largest absolute Gasteiger partial charge is 0.300 e. The Bertz CT molecular complexity index is 1220. The summed E-state index contributed by atoms with van der Waals surface area (Å²) in [5, 5.41) is 6.96. The van der Waals surface area contributed by atoms with Crippen LogP contribution in [-0.4, -0.2) is 58.8 Å². The Morgan fingerprint density at radius 1 is 0.921 bits per heavy atom. The first-order valence-electron chi connectivity index (χ1n) is 13.6. The SMILES string of the molecule is C=CCC(CC)(CC)CN1CCN(CCc2nn(-c3ccc(Cl)cc3Cl)c(-c3ccc(Cl)cc3)c2C)CC1. The lowest BCUT2D eigenvalue weighted by Crippen LogP contribution is -2.50. The minimum Gasteiger partial charge on any atom is -0.300 e. The Morgan fingerprint density at radius 2 is 1.55 bits per heavy atom. The molecule has 0 spiro atoms. The molecule has 0 bridgehead atoms. The van der Waals surface area contributed by atoms with E-state index in [4.69, 9.17) is 39.9 Å². The second-order valence-corrected chi connectivity index (χ2v) is 11.8. The van der Waals surface area contributed by atoms with Gasteiger partial charge in [0.1, 0.15) is 0 Å². The van der Waals surface area contributed by atoms with Crippen LogP contribution in [0.4, 0.5) is 0 Å². The second kappa shape index (κ2) is 13.0. The van der Waals surface area contributed by atoms with Crippen LogP contribution in [0.15, 0.2) is 55.1 Å². The highest BCUT2D eigenvalue weighted by atomic mass is 35.5. The van der Waals surface area contributed by atoms with Gasteiger partial charge in [-0.3, -0.25) is 0 Å². The van der Waals surface area contributed by atoms with Gasteiger partial charge in [0.2, 0.25) is 0 Å². The van der Waals surface area contributed by atoms with E-state index in [-0.39, 0.29) is 0 Å². The molecular weight excluding hydrogens is 535 g/mol. The summed E-state index contributed by atoms with van der Waals surface area (Å²) in [6.07, 6.45) is 6.47. The van der Waals surface area contributed by atoms with Crippen LogP contribution < -0.4 is 0 Å². The molecule has 1 aliphatic rings. The summed E-state index contributed by atoms with van der Waals surface area (Å²) in [6.45, 7) is 17.4. The van der Waals surface area contributed by atoms with E-state index >= 15 is 0 Å². The molecule has 4 rings (SSSR count). The molecular formula is C31H39Cl3N4. The van der Waals surface area contributed by atoms with E-state index in [2.05, 4.69) is 43.2 Å². The van der Waals surface area contributed by atoms with Gasteiger partial charge < -0.3 is 9.80 Å². The van der Waals surface area contributed by atoms with Crippen LogP contribution in [0.3, 0.4) is 0 Å². The third kappa shape index (κ3) is 6.66. The molecule has 2 aromatic carbocycles. The summed E-state index contributed by atoms with van der Waals surface area (Å²) in [5.41, 5.74) is 5.51. The van der Waals surface area contributed by atoms with E-state index < -0.39 is 0 Å². The van der Waals surface area contributed by atoms with Crippen LogP contribution in [-0.2, 0) is 6.42 Å². The van der Waals surface area contributed by atoms with Crippen molar-refractivity contribution in [2.24, 2.45) is 5.41 Å². The number of rotatable bonds is 11. The van der Waals surface area contributed by atoms with Crippen LogP contribution in [0.25, 0.3) is 16.9 Å². The lowest BCUT2D eigenvalue weighted by Gasteiger charge is -2.41. The normalized spacial score (nSPS) is 15.2. The van der Waals surface area contributed by atoms with Gasteiger partial charge in [-0.1, -0.05) is 66.9 Å². The third-order valence-corrected chi connectivity index (χ3v) is 9.03. The standard InChI is InChI=1S/C31H39Cl3N4/c1-5-15-31(6-2,7-3)22-37-19-17-36(18-20-37)16-14-28-23(4)30(24-8-10-25(32)11-9-24)38(35-28)29-13-12-26(33)21-27(29)34/h5,8-13,21H,1,6-7,14-20,22H2,2-4H3. The Hall–Kier alpha value is -1.82. The highest BCUT2D eigenvalue weighted by molar-refractivity contribution is 6.35. The van der Waals surface area contributed by atoms with Gasteiger partial charge in [-0.25, -0.2) is 4.68 Å². The van der Waals surface area contributed by atoms with Crippen molar-refractivity contribution < 1.29 is 0 Å². The molecule has 38 heavy (non-hydrogen) atoms. The highest BCUT2D eigenvalue weighted by Gasteiger charge is 2.29. The number of piperazine rings is 1. The lowest BCUT2D eigenvalue weighted by molar-refractivity contribution is 0.0804. The maximum absolute atomic E-state index is 6.62. The number of nitrogens with zero attached hydrogens (tertiary/aromatic N) is 4. The molecule has 0 aliphatic carbocycles. The minimum atomic E-state index is 0.356. The van der Waals surface area contributed by atoms with Crippen molar-refractivity contribution in [1.82, 2.24) is 19.6 Å². The topological polar surface area (TPSA) is 24.3 Å². The maximum Gasteiger partial charge on any atom is 0.0840 e. The van der Waals surface area contributed by atoms with Gasteiger partial charge in [0.15, 0.2) is 0 Å². The molecule has 2 heterocycles. The number of hydrogen-bond acceptors (Lipinski definition) is 3. The third-order valence-electron chi connectivity index (χ3n) is 8.24. The van der Waals surface area contributed by atoms with Crippen LogP contribution in [0.1, 0.15) is 44.4 Å². The van der Waals surface area contributed by atoms with Crippen molar-refractivity contribution in [1.29, 1.82) is 0 Å². The van der Waals surface area contributed by atoms with E-state index in [1.165, 1.54) is 12.8 Å². The molecule has 0 amide bonds. The molecule has 0 saturated carbocycles. The second-order valence-electron chi connectivity index (χ2n) is 10.5. The average molecular weight is 574 g/mol. The molecule has 1 aliphatic heterocycles. The smallest absolute Gasteiger partial charge is 0.0840 e. The average Bonchev–Trinajstić information content (AvgIpc) is 3.24. The number of halogens is 3. The first-order valence-corrected chi connectivity index (χ1v) is 14.8. The zero-order chi connectivity index (χ0) is 27.3. The molecule has 0 N–H and O–H groups in total. The number of benzene rings is 2. The molecule has 1 aromatic heterocycles. The molecule has 0 unspecified atom stereocenters. The Balaban J connectivity index is 1.49. The van der Waals surface area contributed by atoms with Crippen molar-refractivity contribution >= 4 is 34.8 Å². The molecule has 0 radical (unpaired) electrons. The Morgan fingerprint density at radius 3 is 2.16 bits per heavy atom. The van der Waals surface area contributed by atoms with E-state index in [1.54, 1.807) is 6.07 Å². The summed E-state index contributed by atoms with van der Waals surface area (Å²) in [4.78, 5) is 5.22. The highest BCUT2D eigenvalue weighted by Crippen LogP contribution is 2.34. The molecule has 0 atom stereocenters. The van der Waals surface area contributed by atoms with Gasteiger partial charge in [0, 0.05) is 61.3 Å². The maximum atomic E-state index is 6.62. The van der Waals surface area contributed by atoms with Gasteiger partial charge >= 0.3 is 0 Å². The van der Waals surface area contributed by atoms with Crippen molar-refractivity contribution in [2.75, 3.05) is 39.3 Å². The van der Waals surface area contributed by atoms with Gasteiger partial charge in [-0.15, -0.1) is 6.58 Å². The fraction of sp³-hybridized carbons (Fsp3) is 0.452. The summed E-state index contributed by atoms with van der Waals surface area (Å²) < 4.78 is 1.96. The predicted molar refractivity (Wildman–Crippen MR) is 163 cm³/mol. The summed E-state index contributed by atoms with van der Waals surface area (Å²) in [5.74, 6) is 0. The quantitative estimate of drug-likeness (QED) is 0.215. The molecule has 4 nitrogen and oxygen atoms in total. The van der Waals surface area contributed by atoms with E-state index in [1.807, 2.05) is 41.1 Å². The monoisotopic (exact) mass is 572 g/mol. The first kappa shape index (κ1) is 29.2. The van der Waals surface area contributed by atoms with Crippen LogP contribution in [0, 0.1) is 12.3 Å². The van der Waals surface area contributed by atoms with Gasteiger partial charge in [0.25, 0.3) is 0 Å². The van der Waals surface area contributed by atoms with Gasteiger partial charge in [-0.05, 0) is 67.5 Å². The Labute approximate surface area is 243 Å². The zero-order valence-corrected chi connectivity index (χ0v) is 25.1. The van der Waals surface area contributed by atoms with Crippen molar-refractivity contribution in [2.45, 2.75) is 46.5 Å². The van der Waals surface area contributed by atoms with Crippen LogP contribution in [0.2, 0.25) is 15.1 Å². The molecule has 1 saturated heterocycles. The van der Waals surface area contributed by atoms with Crippen molar-refractivity contribution in [3.8, 4) is 16.9 Å². The molecule has 7 heteroatoms. The van der Waals surface area contributed by atoms with Gasteiger partial charge in [-0.2, -0.15) is 5.10 Å². The summed E-state index contributed by atoms with van der Waals surface area (Å²) in [6, 6.07) is 13.4. The van der Waals surface area contributed by atoms with E-state index in [9.17, 15) is 0 Å².